The lowest BCUT2D eigenvalue weighted by molar-refractivity contribution is -0.142. The lowest BCUT2D eigenvalue weighted by Crippen LogP contribution is -2.56. The molecule has 2 aliphatic carbocycles. The summed E-state index contributed by atoms with van der Waals surface area (Å²) in [4.78, 5) is 110. The zero-order valence-electron chi connectivity index (χ0n) is 52.7. The van der Waals surface area contributed by atoms with Gasteiger partial charge < -0.3 is 29.5 Å². The van der Waals surface area contributed by atoms with Crippen LogP contribution in [0.1, 0.15) is 201 Å². The lowest BCUT2D eigenvalue weighted by atomic mass is 9.76. The number of thiazole rings is 2. The molecule has 5 amide bonds. The molecule has 0 spiro atoms. The van der Waals surface area contributed by atoms with Gasteiger partial charge in [0.05, 0.1) is 23.8 Å². The number of Topliss-reactive ketones (excluding diaryl/α,β-unsaturated/α-hetero) is 1. The number of aryl methyl sites for hydroxylation is 2. The molecule has 0 radical (unpaired) electrons. The molecule has 3 aromatic carbocycles. The molecule has 464 valence electrons. The van der Waals surface area contributed by atoms with Gasteiger partial charge in [-0.1, -0.05) is 98.7 Å². The first kappa shape index (κ1) is 65.4. The van der Waals surface area contributed by atoms with Crippen molar-refractivity contribution in [3.05, 3.63) is 104 Å². The number of rotatable bonds is 16. The van der Waals surface area contributed by atoms with Crippen LogP contribution in [0.3, 0.4) is 0 Å². The Bertz CT molecular complexity index is 3220. The lowest BCUT2D eigenvalue weighted by Gasteiger charge is -2.36. The number of likely N-dealkylation sites (tertiary alicyclic amines) is 2. The molecule has 6 atom stereocenters. The highest BCUT2D eigenvalue weighted by atomic mass is 32.1. The molecule has 18 heteroatoms. The summed E-state index contributed by atoms with van der Waals surface area (Å²) in [7, 11) is 3.13. The van der Waals surface area contributed by atoms with Crippen molar-refractivity contribution in [3.63, 3.8) is 0 Å². The highest BCUT2D eigenvalue weighted by Crippen LogP contribution is 2.42. The SMILES string of the molecule is Cc1ccc(-c2csc([C@@H]3CCCN3C(=O)[C@@H](CC(=O)[C@H](C)N(C)C(=O)OC(C)(C)C)C3CCCCC3)n2)c2ccccc12.Cc1cccc(C(=O)c2csc([C@@H]3CCCN3C(=O)[C@@H](NC(=O)[C@H](C)N(C)C(=O)OC(C)(C)C)C3CCCCC3)n2)c1. The van der Waals surface area contributed by atoms with Crippen LogP contribution in [-0.4, -0.2) is 128 Å². The van der Waals surface area contributed by atoms with E-state index in [0.29, 0.717) is 24.3 Å². The molecule has 4 aliphatic rings. The van der Waals surface area contributed by atoms with E-state index in [9.17, 15) is 33.6 Å². The number of nitrogens with one attached hydrogen (secondary N) is 1. The molecule has 5 aromatic rings. The molecule has 2 aliphatic heterocycles. The maximum atomic E-state index is 14.4. The third kappa shape index (κ3) is 16.2. The second kappa shape index (κ2) is 28.5. The number of carbonyl (C=O) groups is 7. The number of benzene rings is 3. The molecular weight excluding hydrogens is 1120 g/mol. The van der Waals surface area contributed by atoms with Crippen molar-refractivity contribution < 1.29 is 43.0 Å². The van der Waals surface area contributed by atoms with Crippen LogP contribution >= 0.6 is 22.7 Å². The van der Waals surface area contributed by atoms with E-state index in [2.05, 4.69) is 54.0 Å². The van der Waals surface area contributed by atoms with Crippen molar-refractivity contribution in [1.82, 2.24) is 34.9 Å². The van der Waals surface area contributed by atoms with Gasteiger partial charge in [-0.3, -0.25) is 28.9 Å². The number of nitrogens with zero attached hydrogens (tertiary/aromatic N) is 6. The molecule has 9 rings (SSSR count). The van der Waals surface area contributed by atoms with Gasteiger partial charge in [0.1, 0.15) is 39.0 Å². The number of aromatic nitrogens is 2. The van der Waals surface area contributed by atoms with Gasteiger partial charge in [-0.05, 0) is 155 Å². The van der Waals surface area contributed by atoms with E-state index < -0.39 is 47.4 Å². The maximum Gasteiger partial charge on any atom is 0.410 e. The van der Waals surface area contributed by atoms with E-state index >= 15 is 0 Å². The normalized spacial score (nSPS) is 19.2. The number of likely N-dealkylation sites (N-methyl/N-ethyl adjacent to an activating group) is 2. The summed E-state index contributed by atoms with van der Waals surface area (Å²) in [6.07, 6.45) is 12.5. The van der Waals surface area contributed by atoms with E-state index in [0.717, 1.165) is 110 Å². The predicted octanol–water partition coefficient (Wildman–Crippen LogP) is 14.0. The van der Waals surface area contributed by atoms with Gasteiger partial charge in [-0.15, -0.1) is 22.7 Å². The summed E-state index contributed by atoms with van der Waals surface area (Å²) in [6, 6.07) is 17.7. The smallest absolute Gasteiger partial charge is 0.410 e. The van der Waals surface area contributed by atoms with E-state index in [1.54, 1.807) is 64.4 Å². The largest absolute Gasteiger partial charge is 0.444 e. The molecule has 0 unspecified atom stereocenters. The molecule has 16 nitrogen and oxygen atoms in total. The van der Waals surface area contributed by atoms with Crippen molar-refractivity contribution in [1.29, 1.82) is 0 Å². The summed E-state index contributed by atoms with van der Waals surface area (Å²) in [6.45, 7) is 19.5. The number of carbonyl (C=O) groups excluding carboxylic acids is 7. The Hall–Kier alpha value is -6.53. The highest BCUT2D eigenvalue weighted by Gasteiger charge is 2.43. The Kier molecular flexibility index (Phi) is 21.7. The first-order valence-corrected chi connectivity index (χ1v) is 32.9. The van der Waals surface area contributed by atoms with Crippen LogP contribution in [0.15, 0.2) is 71.4 Å². The van der Waals surface area contributed by atoms with Gasteiger partial charge >= 0.3 is 12.2 Å². The number of amides is 5. The molecule has 1 N–H and O–H groups in total. The van der Waals surface area contributed by atoms with Gasteiger partial charge in [0, 0.05) is 61.4 Å². The van der Waals surface area contributed by atoms with Crippen LogP contribution in [0.25, 0.3) is 22.0 Å². The quantitative estimate of drug-likeness (QED) is 0.0926. The van der Waals surface area contributed by atoms with Crippen molar-refractivity contribution in [2.24, 2.45) is 17.8 Å². The second-order valence-electron chi connectivity index (χ2n) is 26.3. The van der Waals surface area contributed by atoms with Crippen molar-refractivity contribution in [3.8, 4) is 11.3 Å². The summed E-state index contributed by atoms with van der Waals surface area (Å²) in [5.74, 6) is -0.865. The minimum absolute atomic E-state index is 0.0187. The van der Waals surface area contributed by atoms with Crippen molar-refractivity contribution >= 4 is 74.9 Å². The maximum absolute atomic E-state index is 14.4. The van der Waals surface area contributed by atoms with Crippen LogP contribution in [-0.2, 0) is 28.7 Å². The minimum Gasteiger partial charge on any atom is -0.444 e. The van der Waals surface area contributed by atoms with E-state index in [-0.39, 0.29) is 59.6 Å². The zero-order chi connectivity index (χ0) is 62.2. The monoisotopic (exact) mass is 1210 g/mol. The Morgan fingerprint density at radius 1 is 0.628 bits per heavy atom. The number of hydrogen-bond acceptors (Lipinski definition) is 13. The third-order valence-electron chi connectivity index (χ3n) is 17.6. The minimum atomic E-state index is -0.817. The summed E-state index contributed by atoms with van der Waals surface area (Å²) >= 11 is 3.02. The van der Waals surface area contributed by atoms with E-state index in [1.807, 2.05) is 55.7 Å². The van der Waals surface area contributed by atoms with E-state index in [4.69, 9.17) is 19.4 Å². The Labute approximate surface area is 517 Å². The molecule has 0 bridgehead atoms. The van der Waals surface area contributed by atoms with E-state index in [1.165, 1.54) is 50.9 Å². The zero-order valence-corrected chi connectivity index (χ0v) is 54.4. The summed E-state index contributed by atoms with van der Waals surface area (Å²) in [5, 5.41) is 11.0. The number of fused-ring (bicyclic) bond motifs is 1. The Morgan fingerprint density at radius 3 is 1.77 bits per heavy atom. The molecule has 86 heavy (non-hydrogen) atoms. The highest BCUT2D eigenvalue weighted by molar-refractivity contribution is 7.10. The molecular formula is C68H91N7O9S2. The molecule has 4 fully saturated rings. The van der Waals surface area contributed by atoms with Crippen LogP contribution in [0.2, 0.25) is 0 Å². The van der Waals surface area contributed by atoms with Crippen LogP contribution in [0, 0.1) is 31.6 Å². The topological polar surface area (TPSA) is 189 Å². The average Bonchev–Trinajstić information content (AvgIpc) is 2.60. The first-order chi connectivity index (χ1) is 40.8. The number of ether oxygens (including phenoxy) is 2. The molecule has 2 saturated heterocycles. The predicted molar refractivity (Wildman–Crippen MR) is 339 cm³/mol. The number of hydrogen-bond donors (Lipinski definition) is 1. The molecule has 2 aromatic heterocycles. The fourth-order valence-electron chi connectivity index (χ4n) is 12.6. The first-order valence-electron chi connectivity index (χ1n) is 31.2. The van der Waals surface area contributed by atoms with Crippen LogP contribution in [0.4, 0.5) is 9.59 Å². The van der Waals surface area contributed by atoms with Crippen LogP contribution in [0.5, 0.6) is 0 Å². The molecule has 2 saturated carbocycles. The van der Waals surface area contributed by atoms with Crippen molar-refractivity contribution in [2.75, 3.05) is 27.2 Å². The fraction of sp³-hybridized carbons (Fsp3) is 0.574. The molecule has 4 heterocycles. The Morgan fingerprint density at radius 2 is 1.17 bits per heavy atom. The van der Waals surface area contributed by atoms with Gasteiger partial charge in [-0.2, -0.15) is 0 Å². The van der Waals surface area contributed by atoms with Crippen LogP contribution < -0.4 is 5.32 Å². The third-order valence-corrected chi connectivity index (χ3v) is 19.5. The Balaban J connectivity index is 0.000000224. The van der Waals surface area contributed by atoms with Gasteiger partial charge in [0.25, 0.3) is 0 Å². The fourth-order valence-corrected chi connectivity index (χ4v) is 14.5. The summed E-state index contributed by atoms with van der Waals surface area (Å²) < 4.78 is 10.9. The van der Waals surface area contributed by atoms with Gasteiger partial charge in [0.2, 0.25) is 23.5 Å². The second-order valence-corrected chi connectivity index (χ2v) is 28.1. The standard InChI is InChI=1S/C36H47N3O4S.C32H44N4O5S/c1-23-18-19-28(27-16-11-10-15-26(23)27)30-22-44-33(37-30)31-17-12-20-39(31)34(41)29(25-13-8-7-9-14-25)21-32(40)24(2)38(6)35(42)43-36(3,4)5;1-20-12-10-15-23(18-20)27(37)24-19-42-29(33-24)25-16-11-17-36(25)30(39)26(22-13-8-7-9-14-22)34-28(38)21(2)35(6)31(40)41-32(3,4)5/h10-11,15-16,18-19,22,24-25,29,31H,7-9,12-14,17,20-21H2,1-6H3;10,12,15,18-19,21-22,25-26H,7-9,11,13-14,16-17H2,1-6H3,(H,34,38)/t24-,29-,31-;21-,25-,26-/m00/s1. The van der Waals surface area contributed by atoms with Crippen molar-refractivity contribution in [2.45, 2.75) is 207 Å². The van der Waals surface area contributed by atoms with Gasteiger partial charge in [-0.25, -0.2) is 19.6 Å². The average molecular weight is 1210 g/mol. The van der Waals surface area contributed by atoms with Gasteiger partial charge in [0.15, 0.2) is 5.78 Å². The summed E-state index contributed by atoms with van der Waals surface area (Å²) in [5.41, 5.74) is 3.94. The number of ketones is 2.